The summed E-state index contributed by atoms with van der Waals surface area (Å²) in [6.07, 6.45) is 5.12. The number of para-hydroxylation sites is 1. The number of methoxy groups -OCH3 is 1. The maximum Gasteiger partial charge on any atom is 0.258 e. The summed E-state index contributed by atoms with van der Waals surface area (Å²) in [5.41, 5.74) is 1.14. The quantitative estimate of drug-likeness (QED) is 0.686. The minimum atomic E-state index is -3.58. The molecule has 30 heavy (non-hydrogen) atoms. The predicted molar refractivity (Wildman–Crippen MR) is 117 cm³/mol. The van der Waals surface area contributed by atoms with Gasteiger partial charge in [-0.1, -0.05) is 24.3 Å². The van der Waals surface area contributed by atoms with E-state index < -0.39 is 10.0 Å². The van der Waals surface area contributed by atoms with Gasteiger partial charge in [-0.2, -0.15) is 0 Å². The first kappa shape index (κ1) is 20.4. The molecule has 0 atom stereocenters. The first-order valence-electron chi connectivity index (χ1n) is 9.38. The number of amides is 1. The molecule has 0 radical (unpaired) electrons. The molecule has 9 heteroatoms. The molecule has 0 aliphatic carbocycles. The number of benzene rings is 1. The van der Waals surface area contributed by atoms with E-state index in [9.17, 15) is 13.2 Å². The molecule has 2 aromatic rings. The van der Waals surface area contributed by atoms with Crippen LogP contribution in [0.15, 0.2) is 70.1 Å². The zero-order chi connectivity index (χ0) is 21.1. The summed E-state index contributed by atoms with van der Waals surface area (Å²) in [6, 6.07) is 11.4. The van der Waals surface area contributed by atoms with E-state index in [0.29, 0.717) is 18.8 Å². The van der Waals surface area contributed by atoms with Crippen molar-refractivity contribution in [1.29, 1.82) is 0 Å². The van der Waals surface area contributed by atoms with Crippen molar-refractivity contribution >= 4 is 33.1 Å². The molecule has 2 aliphatic heterocycles. The van der Waals surface area contributed by atoms with Crippen LogP contribution in [0.3, 0.4) is 0 Å². The second-order valence-corrected chi connectivity index (χ2v) is 9.66. The maximum absolute atomic E-state index is 13.6. The number of allylic oxidation sites excluding steroid dienone is 2. The third-order valence-corrected chi connectivity index (χ3v) is 6.87. The summed E-state index contributed by atoms with van der Waals surface area (Å²) in [6.45, 7) is 0.997. The molecule has 4 rings (SSSR count). The highest BCUT2D eigenvalue weighted by atomic mass is 32.2. The van der Waals surface area contributed by atoms with E-state index in [4.69, 9.17) is 4.74 Å². The number of hydrogen-bond acceptors (Lipinski definition) is 6. The number of carbonyl (C=O) groups excluding carboxylic acids is 1. The molecule has 1 aromatic heterocycles. The van der Waals surface area contributed by atoms with Crippen LogP contribution in [0.1, 0.15) is 10.4 Å². The van der Waals surface area contributed by atoms with Gasteiger partial charge in [-0.15, -0.1) is 15.7 Å². The Morgan fingerprint density at radius 3 is 2.83 bits per heavy atom. The fraction of sp³-hybridized carbons (Fsp3) is 0.238. The van der Waals surface area contributed by atoms with Crippen LogP contribution >= 0.6 is 11.3 Å². The van der Waals surface area contributed by atoms with E-state index in [1.54, 1.807) is 46.6 Å². The Balaban J connectivity index is 1.69. The minimum absolute atomic E-state index is 0.0670. The van der Waals surface area contributed by atoms with Crippen LogP contribution in [-0.2, 0) is 27.9 Å². The van der Waals surface area contributed by atoms with Gasteiger partial charge in [0.05, 0.1) is 31.5 Å². The molecule has 0 saturated heterocycles. The SMILES string of the molecule is COc1ccccc1CN(Cc1cccs1)C(=O)C1=CC=CN2CCS(=O)(=O)N=C12. The zero-order valence-electron chi connectivity index (χ0n) is 16.4. The third kappa shape index (κ3) is 4.31. The summed E-state index contributed by atoms with van der Waals surface area (Å²) in [4.78, 5) is 18.0. The van der Waals surface area contributed by atoms with Crippen molar-refractivity contribution in [2.45, 2.75) is 13.1 Å². The van der Waals surface area contributed by atoms with Crippen molar-refractivity contribution in [3.8, 4) is 5.75 Å². The molecule has 0 bridgehead atoms. The molecule has 0 unspecified atom stereocenters. The largest absolute Gasteiger partial charge is 0.496 e. The molecular formula is C21H21N3O4S2. The van der Waals surface area contributed by atoms with Crippen molar-refractivity contribution in [2.75, 3.05) is 19.4 Å². The van der Waals surface area contributed by atoms with E-state index in [1.165, 1.54) is 0 Å². The van der Waals surface area contributed by atoms with E-state index in [2.05, 4.69) is 4.40 Å². The van der Waals surface area contributed by atoms with Crippen molar-refractivity contribution < 1.29 is 17.9 Å². The minimum Gasteiger partial charge on any atom is -0.496 e. The lowest BCUT2D eigenvalue weighted by Gasteiger charge is -2.31. The molecule has 0 spiro atoms. The number of thiophene rings is 1. The summed E-state index contributed by atoms with van der Waals surface area (Å²) < 4.78 is 33.5. The first-order valence-corrected chi connectivity index (χ1v) is 11.9. The molecule has 1 aromatic carbocycles. The fourth-order valence-corrected chi connectivity index (χ4v) is 5.09. The summed E-state index contributed by atoms with van der Waals surface area (Å²) in [5, 5.41) is 1.96. The Morgan fingerprint density at radius 1 is 1.23 bits per heavy atom. The number of nitrogens with zero attached hydrogens (tertiary/aromatic N) is 3. The molecule has 2 aliphatic rings. The second kappa shape index (κ2) is 8.45. The van der Waals surface area contributed by atoms with Gasteiger partial charge in [-0.3, -0.25) is 4.79 Å². The zero-order valence-corrected chi connectivity index (χ0v) is 18.0. The van der Waals surface area contributed by atoms with Crippen LogP contribution in [0.2, 0.25) is 0 Å². The van der Waals surface area contributed by atoms with Crippen LogP contribution in [0, 0.1) is 0 Å². The lowest BCUT2D eigenvalue weighted by Crippen LogP contribution is -2.43. The van der Waals surface area contributed by atoms with Gasteiger partial charge in [-0.25, -0.2) is 8.42 Å². The standard InChI is InChI=1S/C21H21N3O4S2/c1-28-19-9-3-2-6-16(19)14-24(15-17-7-5-12-29-17)21(25)18-8-4-10-23-11-13-30(26,27)22-20(18)23/h2-10,12H,11,13-15H2,1H3. The molecule has 7 nitrogen and oxygen atoms in total. The highest BCUT2D eigenvalue weighted by Gasteiger charge is 2.32. The topological polar surface area (TPSA) is 79.3 Å². The normalized spacial score (nSPS) is 17.0. The molecule has 1 amide bonds. The van der Waals surface area contributed by atoms with Crippen molar-refractivity contribution in [1.82, 2.24) is 9.80 Å². The molecule has 156 valence electrons. The number of hydrogen-bond donors (Lipinski definition) is 0. The lowest BCUT2D eigenvalue weighted by atomic mass is 10.1. The smallest absolute Gasteiger partial charge is 0.258 e. The highest BCUT2D eigenvalue weighted by Crippen LogP contribution is 2.25. The van der Waals surface area contributed by atoms with Gasteiger partial charge in [0.15, 0.2) is 5.84 Å². The van der Waals surface area contributed by atoms with Crippen LogP contribution < -0.4 is 4.74 Å². The fourth-order valence-electron chi connectivity index (χ4n) is 3.38. The van der Waals surface area contributed by atoms with Crippen LogP contribution in [0.4, 0.5) is 0 Å². The van der Waals surface area contributed by atoms with Gasteiger partial charge in [-0.05, 0) is 29.7 Å². The summed E-state index contributed by atoms with van der Waals surface area (Å²) in [7, 11) is -1.99. The van der Waals surface area contributed by atoms with Crippen molar-refractivity contribution in [3.05, 3.63) is 76.1 Å². The molecular weight excluding hydrogens is 422 g/mol. The van der Waals surface area contributed by atoms with Crippen LogP contribution in [0.5, 0.6) is 5.75 Å². The van der Waals surface area contributed by atoms with Crippen molar-refractivity contribution in [3.63, 3.8) is 0 Å². The maximum atomic E-state index is 13.6. The van der Waals surface area contributed by atoms with Crippen molar-refractivity contribution in [2.24, 2.45) is 4.40 Å². The lowest BCUT2D eigenvalue weighted by molar-refractivity contribution is -0.127. The average molecular weight is 444 g/mol. The van der Waals surface area contributed by atoms with E-state index in [-0.39, 0.29) is 29.6 Å². The Kier molecular flexibility index (Phi) is 5.74. The van der Waals surface area contributed by atoms with Crippen LogP contribution in [0.25, 0.3) is 0 Å². The summed E-state index contributed by atoms with van der Waals surface area (Å²) >= 11 is 1.56. The number of sulfonamides is 1. The Morgan fingerprint density at radius 2 is 2.07 bits per heavy atom. The Labute approximate surface area is 179 Å². The van der Waals surface area contributed by atoms with Gasteiger partial charge in [0.2, 0.25) is 0 Å². The van der Waals surface area contributed by atoms with E-state index >= 15 is 0 Å². The highest BCUT2D eigenvalue weighted by molar-refractivity contribution is 7.90. The summed E-state index contributed by atoms with van der Waals surface area (Å²) in [5.74, 6) is 0.533. The number of rotatable bonds is 6. The monoisotopic (exact) mass is 443 g/mol. The van der Waals surface area contributed by atoms with Gasteiger partial charge in [0.1, 0.15) is 5.75 Å². The van der Waals surface area contributed by atoms with E-state index in [0.717, 1.165) is 10.4 Å². The number of amidine groups is 1. The Bertz CT molecular complexity index is 1130. The van der Waals surface area contributed by atoms with E-state index in [1.807, 2.05) is 41.8 Å². The van der Waals surface area contributed by atoms with Gasteiger partial charge < -0.3 is 14.5 Å². The van der Waals surface area contributed by atoms with Gasteiger partial charge in [0, 0.05) is 23.2 Å². The molecule has 0 fully saturated rings. The molecule has 0 N–H and O–H groups in total. The third-order valence-electron chi connectivity index (χ3n) is 4.86. The second-order valence-electron chi connectivity index (χ2n) is 6.87. The first-order chi connectivity index (χ1) is 14.5. The predicted octanol–water partition coefficient (Wildman–Crippen LogP) is 2.78. The van der Waals surface area contributed by atoms with Crippen LogP contribution in [-0.4, -0.2) is 49.4 Å². The number of carbonyl (C=O) groups is 1. The number of fused-ring (bicyclic) bond motifs is 1. The van der Waals surface area contributed by atoms with Gasteiger partial charge >= 0.3 is 0 Å². The average Bonchev–Trinajstić information content (AvgIpc) is 3.25. The molecule has 0 saturated carbocycles. The molecule has 3 heterocycles. The Hall–Kier alpha value is -2.91. The number of ether oxygens (including phenoxy) is 1. The van der Waals surface area contributed by atoms with Gasteiger partial charge in [0.25, 0.3) is 15.9 Å².